The van der Waals surface area contributed by atoms with Crippen molar-refractivity contribution in [1.82, 2.24) is 4.90 Å². The maximum atomic E-state index is 5.65. The molecule has 3 heteroatoms. The maximum Gasteiger partial charge on any atom is 0.130 e. The molecule has 1 aliphatic heterocycles. The summed E-state index contributed by atoms with van der Waals surface area (Å²) in [5, 5.41) is 0. The Morgan fingerprint density at radius 1 is 1.38 bits per heavy atom. The summed E-state index contributed by atoms with van der Waals surface area (Å²) < 4.78 is 0. The van der Waals surface area contributed by atoms with Crippen LogP contribution in [0.3, 0.4) is 0 Å². The summed E-state index contributed by atoms with van der Waals surface area (Å²) in [5.74, 6) is 1.53. The van der Waals surface area contributed by atoms with Gasteiger partial charge in [-0.1, -0.05) is 31.2 Å². The highest BCUT2D eigenvalue weighted by Gasteiger charge is 2.14. The summed E-state index contributed by atoms with van der Waals surface area (Å²) in [7, 11) is 2.09. The fraction of sp³-hybridized carbons (Fsp3) is 0.462. The van der Waals surface area contributed by atoms with Crippen molar-refractivity contribution in [2.75, 3.05) is 26.7 Å². The third-order valence-electron chi connectivity index (χ3n) is 3.15. The molecule has 3 nitrogen and oxygen atoms in total. The third-order valence-corrected chi connectivity index (χ3v) is 3.15. The van der Waals surface area contributed by atoms with Crippen molar-refractivity contribution in [3.05, 3.63) is 35.4 Å². The molecule has 2 N–H and O–H groups in total. The molecule has 1 atom stereocenters. The van der Waals surface area contributed by atoms with E-state index in [0.717, 1.165) is 18.9 Å². The zero-order chi connectivity index (χ0) is 11.5. The van der Waals surface area contributed by atoms with Gasteiger partial charge in [-0.05, 0) is 18.0 Å². The molecule has 0 saturated carbocycles. The van der Waals surface area contributed by atoms with Gasteiger partial charge in [0.05, 0.1) is 6.54 Å². The molecule has 1 aromatic carbocycles. The van der Waals surface area contributed by atoms with Gasteiger partial charge < -0.3 is 10.6 Å². The van der Waals surface area contributed by atoms with Gasteiger partial charge in [0.2, 0.25) is 0 Å². The average Bonchev–Trinajstić information content (AvgIpc) is 2.75. The van der Waals surface area contributed by atoms with Crippen molar-refractivity contribution in [3.8, 4) is 0 Å². The van der Waals surface area contributed by atoms with Gasteiger partial charge in [-0.2, -0.15) is 0 Å². The molecule has 86 valence electrons. The second-order valence-corrected chi connectivity index (χ2v) is 4.39. The Hall–Kier alpha value is -1.35. The SMILES string of the molecule is CC(CN)c1ccc(C2=NCCN2C)cc1. The molecule has 0 radical (unpaired) electrons. The van der Waals surface area contributed by atoms with Crippen LogP contribution in [0.5, 0.6) is 0 Å². The van der Waals surface area contributed by atoms with Crippen LogP contribution in [0, 0.1) is 0 Å². The Morgan fingerprint density at radius 2 is 2.06 bits per heavy atom. The summed E-state index contributed by atoms with van der Waals surface area (Å²) in [6.07, 6.45) is 0. The van der Waals surface area contributed by atoms with Crippen LogP contribution in [-0.4, -0.2) is 37.4 Å². The quantitative estimate of drug-likeness (QED) is 0.832. The molecule has 0 fully saturated rings. The molecule has 1 unspecified atom stereocenters. The molecular weight excluding hydrogens is 198 g/mol. The number of rotatable bonds is 3. The first-order chi connectivity index (χ1) is 7.72. The Bertz CT molecular complexity index is 381. The van der Waals surface area contributed by atoms with E-state index in [1.807, 2.05) is 0 Å². The molecule has 0 amide bonds. The van der Waals surface area contributed by atoms with Crippen LogP contribution >= 0.6 is 0 Å². The number of aliphatic imine (C=N–C) groups is 1. The first kappa shape index (κ1) is 11.1. The van der Waals surface area contributed by atoms with Gasteiger partial charge in [0.25, 0.3) is 0 Å². The minimum Gasteiger partial charge on any atom is -0.358 e. The number of amidine groups is 1. The molecule has 0 saturated heterocycles. The number of hydrogen-bond acceptors (Lipinski definition) is 3. The number of likely N-dealkylation sites (N-methyl/N-ethyl adjacent to an activating group) is 1. The van der Waals surface area contributed by atoms with Gasteiger partial charge >= 0.3 is 0 Å². The highest BCUT2D eigenvalue weighted by atomic mass is 15.2. The number of nitrogens with zero attached hydrogens (tertiary/aromatic N) is 2. The van der Waals surface area contributed by atoms with Crippen molar-refractivity contribution >= 4 is 5.84 Å². The largest absolute Gasteiger partial charge is 0.358 e. The van der Waals surface area contributed by atoms with E-state index < -0.39 is 0 Å². The van der Waals surface area contributed by atoms with E-state index in [9.17, 15) is 0 Å². The van der Waals surface area contributed by atoms with Gasteiger partial charge in [-0.3, -0.25) is 4.99 Å². The molecule has 2 rings (SSSR count). The summed E-state index contributed by atoms with van der Waals surface area (Å²) in [6, 6.07) is 8.59. The fourth-order valence-electron chi connectivity index (χ4n) is 1.94. The van der Waals surface area contributed by atoms with Crippen molar-refractivity contribution in [3.63, 3.8) is 0 Å². The predicted octanol–water partition coefficient (Wildman–Crippen LogP) is 1.44. The van der Waals surface area contributed by atoms with E-state index >= 15 is 0 Å². The zero-order valence-electron chi connectivity index (χ0n) is 9.98. The van der Waals surface area contributed by atoms with Gasteiger partial charge in [-0.25, -0.2) is 0 Å². The zero-order valence-corrected chi connectivity index (χ0v) is 9.98. The number of benzene rings is 1. The van der Waals surface area contributed by atoms with Gasteiger partial charge in [0.1, 0.15) is 5.84 Å². The van der Waals surface area contributed by atoms with Gasteiger partial charge in [0, 0.05) is 19.2 Å². The van der Waals surface area contributed by atoms with E-state index in [2.05, 4.69) is 48.1 Å². The van der Waals surface area contributed by atoms with Crippen molar-refractivity contribution in [2.24, 2.45) is 10.7 Å². The lowest BCUT2D eigenvalue weighted by Gasteiger charge is -2.15. The molecule has 0 spiro atoms. The minimum absolute atomic E-state index is 0.428. The Balaban J connectivity index is 2.19. The monoisotopic (exact) mass is 217 g/mol. The van der Waals surface area contributed by atoms with Crippen molar-refractivity contribution < 1.29 is 0 Å². The van der Waals surface area contributed by atoms with Crippen molar-refractivity contribution in [1.29, 1.82) is 0 Å². The van der Waals surface area contributed by atoms with Crippen LogP contribution in [0.2, 0.25) is 0 Å². The second kappa shape index (κ2) is 4.66. The predicted molar refractivity (Wildman–Crippen MR) is 67.9 cm³/mol. The van der Waals surface area contributed by atoms with Gasteiger partial charge in [0.15, 0.2) is 0 Å². The van der Waals surface area contributed by atoms with E-state index in [0.29, 0.717) is 12.5 Å². The van der Waals surface area contributed by atoms with Crippen molar-refractivity contribution in [2.45, 2.75) is 12.8 Å². The Labute approximate surface area is 97.0 Å². The molecule has 1 aromatic rings. The lowest BCUT2D eigenvalue weighted by Crippen LogP contribution is -2.23. The average molecular weight is 217 g/mol. The minimum atomic E-state index is 0.428. The lowest BCUT2D eigenvalue weighted by atomic mass is 10.00. The molecule has 0 bridgehead atoms. The van der Waals surface area contributed by atoms with E-state index in [-0.39, 0.29) is 0 Å². The van der Waals surface area contributed by atoms with Crippen LogP contribution in [-0.2, 0) is 0 Å². The van der Waals surface area contributed by atoms with E-state index in [4.69, 9.17) is 5.73 Å². The maximum absolute atomic E-state index is 5.65. The summed E-state index contributed by atoms with van der Waals surface area (Å²) in [5.41, 5.74) is 8.15. The number of nitrogens with two attached hydrogens (primary N) is 1. The normalized spacial score (nSPS) is 17.4. The first-order valence-corrected chi connectivity index (χ1v) is 5.78. The summed E-state index contributed by atoms with van der Waals surface area (Å²) in [6.45, 7) is 4.78. The van der Waals surface area contributed by atoms with Crippen LogP contribution in [0.15, 0.2) is 29.3 Å². The van der Waals surface area contributed by atoms with Crippen LogP contribution in [0.1, 0.15) is 24.0 Å². The molecule has 0 aliphatic carbocycles. The smallest absolute Gasteiger partial charge is 0.130 e. The lowest BCUT2D eigenvalue weighted by molar-refractivity contribution is 0.557. The van der Waals surface area contributed by atoms with Crippen LogP contribution in [0.25, 0.3) is 0 Å². The molecule has 1 heterocycles. The molecule has 16 heavy (non-hydrogen) atoms. The molecule has 0 aromatic heterocycles. The standard InChI is InChI=1S/C13H19N3/c1-10(9-14)11-3-5-12(6-4-11)13-15-7-8-16(13)2/h3-6,10H,7-9,14H2,1-2H3. The topological polar surface area (TPSA) is 41.6 Å². The first-order valence-electron chi connectivity index (χ1n) is 5.78. The third kappa shape index (κ3) is 2.09. The Morgan fingerprint density at radius 3 is 2.56 bits per heavy atom. The van der Waals surface area contributed by atoms with Gasteiger partial charge in [-0.15, -0.1) is 0 Å². The molecular formula is C13H19N3. The van der Waals surface area contributed by atoms with E-state index in [1.165, 1.54) is 11.1 Å². The highest BCUT2D eigenvalue weighted by molar-refractivity contribution is 5.99. The fourth-order valence-corrected chi connectivity index (χ4v) is 1.94. The van der Waals surface area contributed by atoms with Crippen LogP contribution in [0.4, 0.5) is 0 Å². The highest BCUT2D eigenvalue weighted by Crippen LogP contribution is 2.16. The van der Waals surface area contributed by atoms with E-state index in [1.54, 1.807) is 0 Å². The van der Waals surface area contributed by atoms with Crippen LogP contribution < -0.4 is 5.73 Å². The summed E-state index contributed by atoms with van der Waals surface area (Å²) in [4.78, 5) is 6.70. The number of hydrogen-bond donors (Lipinski definition) is 1. The molecule has 1 aliphatic rings. The Kier molecular flexibility index (Phi) is 3.25. The second-order valence-electron chi connectivity index (χ2n) is 4.39. The summed E-state index contributed by atoms with van der Waals surface area (Å²) >= 11 is 0.